The van der Waals surface area contributed by atoms with Crippen LogP contribution in [0.3, 0.4) is 0 Å². The average Bonchev–Trinajstić information content (AvgIpc) is 2.36. The van der Waals surface area contributed by atoms with Gasteiger partial charge in [0, 0.05) is 11.5 Å². The van der Waals surface area contributed by atoms with Crippen molar-refractivity contribution in [3.8, 4) is 5.75 Å². The van der Waals surface area contributed by atoms with E-state index < -0.39 is 5.97 Å². The Morgan fingerprint density at radius 3 is 2.71 bits per heavy atom. The third-order valence-corrected chi connectivity index (χ3v) is 2.51. The molecule has 0 radical (unpaired) electrons. The van der Waals surface area contributed by atoms with Gasteiger partial charge in [0.1, 0.15) is 10.9 Å². The van der Waals surface area contributed by atoms with Crippen LogP contribution in [0.5, 0.6) is 5.75 Å². The molecule has 2 aromatic rings. The van der Waals surface area contributed by atoms with Gasteiger partial charge in [0.25, 0.3) is 0 Å². The highest BCUT2D eigenvalue weighted by Gasteiger charge is 2.13. The summed E-state index contributed by atoms with van der Waals surface area (Å²) in [6, 6.07) is 5.16. The summed E-state index contributed by atoms with van der Waals surface area (Å²) in [6.45, 7) is 0. The first-order valence-corrected chi connectivity index (χ1v) is 5.13. The molecule has 0 unspecified atom stereocenters. The van der Waals surface area contributed by atoms with Gasteiger partial charge >= 0.3 is 5.97 Å². The van der Waals surface area contributed by atoms with E-state index in [0.717, 1.165) is 0 Å². The second kappa shape index (κ2) is 4.55. The maximum absolute atomic E-state index is 11.3. The second-order valence-electron chi connectivity index (χ2n) is 3.21. The average molecular weight is 253 g/mol. The lowest BCUT2D eigenvalue weighted by Crippen LogP contribution is -2.07. The minimum atomic E-state index is -0.628. The molecule has 0 spiro atoms. The third-order valence-electron chi connectivity index (χ3n) is 2.23. The number of carbonyl (C=O) groups is 1. The smallest absolute Gasteiger partial charge is 0.376 e. The first-order valence-electron chi connectivity index (χ1n) is 4.75. The molecule has 17 heavy (non-hydrogen) atoms. The molecule has 5 nitrogen and oxygen atoms in total. The van der Waals surface area contributed by atoms with Crippen LogP contribution >= 0.6 is 11.6 Å². The topological polar surface area (TPSA) is 61.3 Å². The van der Waals surface area contributed by atoms with Gasteiger partial charge in [-0.25, -0.2) is 14.8 Å². The number of carbonyl (C=O) groups excluding carboxylic acids is 1. The number of methoxy groups -OCH3 is 2. The molecule has 0 aliphatic heterocycles. The number of aromatic nitrogens is 2. The molecular weight excluding hydrogens is 244 g/mol. The fourth-order valence-electron chi connectivity index (χ4n) is 1.38. The summed E-state index contributed by atoms with van der Waals surface area (Å²) in [5.41, 5.74) is 0.532. The van der Waals surface area contributed by atoms with Crippen molar-refractivity contribution >= 4 is 28.5 Å². The number of halogens is 1. The Labute approximate surface area is 102 Å². The van der Waals surface area contributed by atoms with Crippen LogP contribution in [0.4, 0.5) is 0 Å². The van der Waals surface area contributed by atoms with E-state index in [4.69, 9.17) is 16.3 Å². The molecule has 0 atom stereocenters. The molecule has 1 aromatic carbocycles. The Bertz CT molecular complexity index is 586. The molecule has 0 aliphatic rings. The number of nitrogens with zero attached hydrogens (tertiary/aromatic N) is 2. The highest BCUT2D eigenvalue weighted by Crippen LogP contribution is 2.24. The minimum absolute atomic E-state index is 0.0711. The molecule has 1 aromatic heterocycles. The van der Waals surface area contributed by atoms with E-state index in [0.29, 0.717) is 16.7 Å². The van der Waals surface area contributed by atoms with E-state index in [1.54, 1.807) is 25.3 Å². The molecule has 0 bridgehead atoms. The fraction of sp³-hybridized carbons (Fsp3) is 0.182. The monoisotopic (exact) mass is 252 g/mol. The Morgan fingerprint density at radius 2 is 2.06 bits per heavy atom. The molecule has 0 aliphatic carbocycles. The first-order chi connectivity index (χ1) is 8.15. The zero-order valence-electron chi connectivity index (χ0n) is 9.23. The van der Waals surface area contributed by atoms with Gasteiger partial charge in [-0.2, -0.15) is 0 Å². The summed E-state index contributed by atoms with van der Waals surface area (Å²) in [7, 11) is 2.81. The molecular formula is C11H9ClN2O3. The molecule has 0 saturated carbocycles. The third kappa shape index (κ3) is 2.14. The molecule has 1 heterocycles. The predicted molar refractivity (Wildman–Crippen MR) is 62.4 cm³/mol. The number of benzene rings is 1. The van der Waals surface area contributed by atoms with Gasteiger partial charge in [-0.15, -0.1) is 0 Å². The van der Waals surface area contributed by atoms with Crippen molar-refractivity contribution in [3.63, 3.8) is 0 Å². The van der Waals surface area contributed by atoms with Crippen molar-refractivity contribution < 1.29 is 14.3 Å². The standard InChI is InChI=1S/C11H9ClN2O3/c1-16-6-3-4-7-8(5-6)13-10(11(15)17-2)14-9(7)12/h3-5H,1-2H3. The highest BCUT2D eigenvalue weighted by atomic mass is 35.5. The second-order valence-corrected chi connectivity index (χ2v) is 3.57. The fourth-order valence-corrected chi connectivity index (χ4v) is 1.62. The minimum Gasteiger partial charge on any atom is -0.497 e. The van der Waals surface area contributed by atoms with Crippen molar-refractivity contribution in [3.05, 3.63) is 29.2 Å². The summed E-state index contributed by atoms with van der Waals surface area (Å²) in [5, 5.41) is 0.859. The van der Waals surface area contributed by atoms with Crippen molar-refractivity contribution in [2.24, 2.45) is 0 Å². The summed E-state index contributed by atoms with van der Waals surface area (Å²) in [5.74, 6) is -0.0713. The van der Waals surface area contributed by atoms with Crippen LogP contribution in [-0.2, 0) is 4.74 Å². The first kappa shape index (κ1) is 11.6. The zero-order chi connectivity index (χ0) is 12.4. The lowest BCUT2D eigenvalue weighted by molar-refractivity contribution is 0.0587. The number of ether oxygens (including phenoxy) is 2. The van der Waals surface area contributed by atoms with Crippen LogP contribution in [0.2, 0.25) is 5.15 Å². The summed E-state index contributed by atoms with van der Waals surface area (Å²) in [4.78, 5) is 19.3. The van der Waals surface area contributed by atoms with Crippen LogP contribution < -0.4 is 4.74 Å². The number of esters is 1. The molecule has 0 fully saturated rings. The zero-order valence-corrected chi connectivity index (χ0v) is 9.99. The molecule has 2 rings (SSSR count). The van der Waals surface area contributed by atoms with Crippen molar-refractivity contribution in [1.29, 1.82) is 0 Å². The van der Waals surface area contributed by atoms with E-state index in [-0.39, 0.29) is 11.0 Å². The van der Waals surface area contributed by atoms with E-state index in [1.807, 2.05) is 0 Å². The van der Waals surface area contributed by atoms with Gasteiger partial charge in [-0.1, -0.05) is 11.6 Å². The van der Waals surface area contributed by atoms with Crippen LogP contribution in [0.15, 0.2) is 18.2 Å². The van der Waals surface area contributed by atoms with Gasteiger partial charge in [0.15, 0.2) is 0 Å². The van der Waals surface area contributed by atoms with E-state index >= 15 is 0 Å². The number of hydrogen-bond acceptors (Lipinski definition) is 5. The Kier molecular flexibility index (Phi) is 3.10. The van der Waals surface area contributed by atoms with Gasteiger partial charge in [0.2, 0.25) is 5.82 Å². The molecule has 0 saturated heterocycles. The maximum Gasteiger partial charge on any atom is 0.376 e. The summed E-state index contributed by atoms with van der Waals surface area (Å²) < 4.78 is 9.61. The lowest BCUT2D eigenvalue weighted by Gasteiger charge is -2.04. The Morgan fingerprint density at radius 1 is 1.29 bits per heavy atom. The largest absolute Gasteiger partial charge is 0.497 e. The van der Waals surface area contributed by atoms with Crippen molar-refractivity contribution in [2.75, 3.05) is 14.2 Å². The van der Waals surface area contributed by atoms with Crippen LogP contribution in [-0.4, -0.2) is 30.2 Å². The predicted octanol–water partition coefficient (Wildman–Crippen LogP) is 2.08. The van der Waals surface area contributed by atoms with Gasteiger partial charge < -0.3 is 9.47 Å². The van der Waals surface area contributed by atoms with Crippen LogP contribution in [0.25, 0.3) is 10.9 Å². The normalized spacial score (nSPS) is 10.3. The Balaban J connectivity index is 2.65. The lowest BCUT2D eigenvalue weighted by atomic mass is 10.2. The van der Waals surface area contributed by atoms with E-state index in [2.05, 4.69) is 14.7 Å². The van der Waals surface area contributed by atoms with Crippen molar-refractivity contribution in [1.82, 2.24) is 9.97 Å². The van der Waals surface area contributed by atoms with E-state index in [1.165, 1.54) is 7.11 Å². The number of rotatable bonds is 2. The Hall–Kier alpha value is -1.88. The molecule has 0 amide bonds. The molecule has 88 valence electrons. The van der Waals surface area contributed by atoms with E-state index in [9.17, 15) is 4.79 Å². The molecule has 0 N–H and O–H groups in total. The molecule has 6 heteroatoms. The highest BCUT2D eigenvalue weighted by molar-refractivity contribution is 6.34. The van der Waals surface area contributed by atoms with Crippen LogP contribution in [0, 0.1) is 0 Å². The van der Waals surface area contributed by atoms with Crippen LogP contribution in [0.1, 0.15) is 10.6 Å². The summed E-state index contributed by atoms with van der Waals surface area (Å²) in [6.07, 6.45) is 0. The van der Waals surface area contributed by atoms with Gasteiger partial charge in [0.05, 0.1) is 19.7 Å². The summed E-state index contributed by atoms with van der Waals surface area (Å²) >= 11 is 5.96. The number of hydrogen-bond donors (Lipinski definition) is 0. The number of fused-ring (bicyclic) bond motifs is 1. The maximum atomic E-state index is 11.3. The van der Waals surface area contributed by atoms with Gasteiger partial charge in [-0.3, -0.25) is 0 Å². The SMILES string of the molecule is COC(=O)c1nc(Cl)c2ccc(OC)cc2n1. The van der Waals surface area contributed by atoms with Crippen molar-refractivity contribution in [2.45, 2.75) is 0 Å². The quantitative estimate of drug-likeness (QED) is 0.605. The van der Waals surface area contributed by atoms with Gasteiger partial charge in [-0.05, 0) is 12.1 Å².